The Bertz CT molecular complexity index is 1410. The maximum Gasteiger partial charge on any atom is 0.215 e. The van der Waals surface area contributed by atoms with Crippen molar-refractivity contribution >= 4 is 26.6 Å². The molecule has 3 aliphatic rings. The van der Waals surface area contributed by atoms with Crippen LogP contribution in [0.2, 0.25) is 0 Å². The summed E-state index contributed by atoms with van der Waals surface area (Å²) >= 11 is 0. The number of H-pyrrole nitrogens is 1. The lowest BCUT2D eigenvalue weighted by Crippen LogP contribution is -2.44. The van der Waals surface area contributed by atoms with E-state index in [2.05, 4.69) is 34.8 Å². The van der Waals surface area contributed by atoms with Crippen LogP contribution in [0.1, 0.15) is 52.1 Å². The van der Waals surface area contributed by atoms with E-state index in [1.807, 2.05) is 25.3 Å². The molecule has 10 heteroatoms. The fraction of sp³-hybridized carbons (Fsp3) is 0.577. The van der Waals surface area contributed by atoms with Crippen molar-refractivity contribution in [2.75, 3.05) is 37.0 Å². The monoisotopic (exact) mass is 510 g/mol. The molecule has 1 N–H and O–H groups in total. The van der Waals surface area contributed by atoms with Crippen molar-refractivity contribution in [2.24, 2.45) is 4.36 Å². The van der Waals surface area contributed by atoms with Gasteiger partial charge in [-0.05, 0) is 52.5 Å². The van der Waals surface area contributed by atoms with E-state index in [4.69, 9.17) is 23.8 Å². The molecule has 3 atom stereocenters. The quantitative estimate of drug-likeness (QED) is 0.527. The normalized spacial score (nSPS) is 28.5. The van der Waals surface area contributed by atoms with Gasteiger partial charge in [0.05, 0.1) is 52.1 Å². The molecule has 0 amide bonds. The SMILES string of the molecule is CCOc1cc(-c2nc(N3CCOC[C@H]3C)cc([C@]3(C)CCCS3(=O)=NC3CC3)n2)c2cc[nH]c2n1. The molecule has 3 fully saturated rings. The van der Waals surface area contributed by atoms with Crippen LogP contribution >= 0.6 is 0 Å². The minimum atomic E-state index is -2.44. The number of morpholine rings is 1. The third kappa shape index (κ3) is 4.04. The molecule has 192 valence electrons. The summed E-state index contributed by atoms with van der Waals surface area (Å²) in [5.41, 5.74) is 2.39. The Morgan fingerprint density at radius 2 is 2.17 bits per heavy atom. The van der Waals surface area contributed by atoms with Crippen molar-refractivity contribution < 1.29 is 13.7 Å². The number of aromatic nitrogens is 4. The number of rotatable bonds is 6. The Morgan fingerprint density at radius 1 is 1.31 bits per heavy atom. The van der Waals surface area contributed by atoms with Gasteiger partial charge in [0, 0.05) is 41.6 Å². The molecule has 0 radical (unpaired) electrons. The summed E-state index contributed by atoms with van der Waals surface area (Å²) in [5, 5.41) is 0.927. The van der Waals surface area contributed by atoms with Gasteiger partial charge in [0.15, 0.2) is 5.82 Å². The maximum absolute atomic E-state index is 14.3. The Kier molecular flexibility index (Phi) is 5.91. The first-order valence-electron chi connectivity index (χ1n) is 13.0. The molecule has 36 heavy (non-hydrogen) atoms. The van der Waals surface area contributed by atoms with Crippen molar-refractivity contribution in [1.29, 1.82) is 0 Å². The van der Waals surface area contributed by atoms with Crippen molar-refractivity contribution in [3.63, 3.8) is 0 Å². The van der Waals surface area contributed by atoms with E-state index in [9.17, 15) is 4.21 Å². The van der Waals surface area contributed by atoms with Gasteiger partial charge < -0.3 is 19.4 Å². The number of hydrogen-bond acceptors (Lipinski definition) is 8. The van der Waals surface area contributed by atoms with Crippen LogP contribution < -0.4 is 9.64 Å². The van der Waals surface area contributed by atoms with Gasteiger partial charge in [0.25, 0.3) is 0 Å². The van der Waals surface area contributed by atoms with Crippen molar-refractivity contribution in [3.8, 4) is 17.3 Å². The lowest BCUT2D eigenvalue weighted by Gasteiger charge is -2.35. The average Bonchev–Trinajstić information content (AvgIpc) is 3.45. The first-order chi connectivity index (χ1) is 17.4. The molecule has 2 aliphatic heterocycles. The van der Waals surface area contributed by atoms with Crippen LogP contribution in [0.25, 0.3) is 22.4 Å². The zero-order valence-corrected chi connectivity index (χ0v) is 22.0. The Morgan fingerprint density at radius 3 is 2.94 bits per heavy atom. The van der Waals surface area contributed by atoms with Gasteiger partial charge in [-0.2, -0.15) is 4.98 Å². The number of nitrogens with one attached hydrogen (secondary N) is 1. The highest BCUT2D eigenvalue weighted by molar-refractivity contribution is 7.94. The largest absolute Gasteiger partial charge is 0.478 e. The molecular weight excluding hydrogens is 476 g/mol. The zero-order valence-electron chi connectivity index (χ0n) is 21.2. The highest BCUT2D eigenvalue weighted by atomic mass is 32.2. The van der Waals surface area contributed by atoms with Gasteiger partial charge >= 0.3 is 0 Å². The molecule has 5 heterocycles. The lowest BCUT2D eigenvalue weighted by molar-refractivity contribution is 0.0985. The minimum Gasteiger partial charge on any atom is -0.478 e. The third-order valence-corrected chi connectivity index (χ3v) is 10.9. The molecular formula is C26H34N6O3S. The van der Waals surface area contributed by atoms with Gasteiger partial charge in [-0.3, -0.25) is 0 Å². The standard InChI is InChI=1S/C26H34N6O3S/c1-4-35-23-14-20(19-8-10-27-24(19)30-23)25-28-21(15-22(29-25)32-11-12-34-16-17(32)2)26(3)9-5-13-36(26,33)31-18-6-7-18/h8,10,14-15,17-18H,4-7,9,11-13,16H2,1-3H3,(H,27,30)/t17-,26+,36?/m1/s1. The van der Waals surface area contributed by atoms with E-state index in [1.54, 1.807) is 0 Å². The molecule has 3 aromatic heterocycles. The second-order valence-corrected chi connectivity index (χ2v) is 13.0. The molecule has 9 nitrogen and oxygen atoms in total. The first kappa shape index (κ1) is 23.7. The van der Waals surface area contributed by atoms with Crippen LogP contribution in [0.5, 0.6) is 5.88 Å². The summed E-state index contributed by atoms with van der Waals surface area (Å²) in [6, 6.07) is 6.37. The van der Waals surface area contributed by atoms with Crippen molar-refractivity contribution in [3.05, 3.63) is 30.1 Å². The summed E-state index contributed by atoms with van der Waals surface area (Å²) < 4.78 is 30.0. The van der Waals surface area contributed by atoms with Crippen LogP contribution in [0.4, 0.5) is 5.82 Å². The molecule has 2 saturated heterocycles. The molecule has 3 aromatic rings. The summed E-state index contributed by atoms with van der Waals surface area (Å²) in [6.07, 6.45) is 5.64. The number of hydrogen-bond donors (Lipinski definition) is 1. The van der Waals surface area contributed by atoms with Gasteiger partial charge in [-0.15, -0.1) is 0 Å². The van der Waals surface area contributed by atoms with E-state index < -0.39 is 14.5 Å². The van der Waals surface area contributed by atoms with Crippen molar-refractivity contribution in [2.45, 2.75) is 63.3 Å². The summed E-state index contributed by atoms with van der Waals surface area (Å²) in [4.78, 5) is 20.3. The number of anilines is 1. The predicted molar refractivity (Wildman–Crippen MR) is 141 cm³/mol. The van der Waals surface area contributed by atoms with Gasteiger partial charge in [-0.25, -0.2) is 18.5 Å². The zero-order chi connectivity index (χ0) is 24.9. The second-order valence-electron chi connectivity index (χ2n) is 10.2. The Labute approximate surface area is 212 Å². The van der Waals surface area contributed by atoms with Gasteiger partial charge in [0.2, 0.25) is 5.88 Å². The molecule has 1 unspecified atom stereocenters. The lowest BCUT2D eigenvalue weighted by atomic mass is 10.0. The number of fused-ring (bicyclic) bond motifs is 1. The fourth-order valence-corrected chi connectivity index (χ4v) is 8.24. The van der Waals surface area contributed by atoms with Crippen LogP contribution in [0.15, 0.2) is 28.8 Å². The predicted octanol–water partition coefficient (Wildman–Crippen LogP) is 4.28. The van der Waals surface area contributed by atoms with Crippen LogP contribution in [0, 0.1) is 0 Å². The number of ether oxygens (including phenoxy) is 2. The van der Waals surface area contributed by atoms with Gasteiger partial charge in [-0.1, -0.05) is 0 Å². The first-order valence-corrected chi connectivity index (χ1v) is 14.7. The van der Waals surface area contributed by atoms with Crippen molar-refractivity contribution in [1.82, 2.24) is 19.9 Å². The van der Waals surface area contributed by atoms with Gasteiger partial charge in [0.1, 0.15) is 11.5 Å². The number of aromatic amines is 1. The number of pyridine rings is 1. The van der Waals surface area contributed by atoms with Crippen LogP contribution in [-0.4, -0.2) is 68.3 Å². The Hall–Kier alpha value is -2.72. The highest BCUT2D eigenvalue weighted by Gasteiger charge is 2.46. The molecule has 1 saturated carbocycles. The maximum atomic E-state index is 14.3. The highest BCUT2D eigenvalue weighted by Crippen LogP contribution is 2.45. The average molecular weight is 511 g/mol. The van der Waals surface area contributed by atoms with E-state index in [0.717, 1.165) is 60.3 Å². The van der Waals surface area contributed by atoms with Crippen LogP contribution in [0.3, 0.4) is 0 Å². The number of nitrogens with zero attached hydrogens (tertiary/aromatic N) is 5. The molecule has 0 spiro atoms. The van der Waals surface area contributed by atoms with E-state index in [1.165, 1.54) is 0 Å². The third-order valence-electron chi connectivity index (χ3n) is 7.60. The summed E-state index contributed by atoms with van der Waals surface area (Å²) in [5.74, 6) is 2.59. The Balaban J connectivity index is 1.56. The second kappa shape index (κ2) is 8.99. The summed E-state index contributed by atoms with van der Waals surface area (Å²) in [6.45, 7) is 8.73. The smallest absolute Gasteiger partial charge is 0.215 e. The fourth-order valence-electron chi connectivity index (χ4n) is 5.33. The topological polar surface area (TPSA) is 106 Å². The molecule has 1 aliphatic carbocycles. The molecule has 0 aromatic carbocycles. The molecule has 6 rings (SSSR count). The molecule has 0 bridgehead atoms. The van der Waals surface area contributed by atoms with E-state index in [-0.39, 0.29) is 12.1 Å². The van der Waals surface area contributed by atoms with E-state index >= 15 is 0 Å². The summed E-state index contributed by atoms with van der Waals surface area (Å²) in [7, 11) is -2.44. The van der Waals surface area contributed by atoms with Crippen LogP contribution in [-0.2, 0) is 19.2 Å². The minimum absolute atomic E-state index is 0.176. The van der Waals surface area contributed by atoms with E-state index in [0.29, 0.717) is 37.3 Å².